The van der Waals surface area contributed by atoms with Gasteiger partial charge in [0.05, 0.1) is 25.9 Å². The third kappa shape index (κ3) is 9.62. The first-order chi connectivity index (χ1) is 27.3. The van der Waals surface area contributed by atoms with Crippen LogP contribution in [0.1, 0.15) is 45.1 Å². The lowest BCUT2D eigenvalue weighted by atomic mass is 9.90. The summed E-state index contributed by atoms with van der Waals surface area (Å²) in [6.45, 7) is 11.1. The number of aromatic hydroxyl groups is 1. The van der Waals surface area contributed by atoms with E-state index in [-0.39, 0.29) is 21.4 Å². The Balaban J connectivity index is 0.000000248. The highest BCUT2D eigenvalue weighted by Crippen LogP contribution is 2.37. The second-order valence-corrected chi connectivity index (χ2v) is 17.8. The van der Waals surface area contributed by atoms with E-state index in [0.717, 1.165) is 59.1 Å². The molecule has 6 aromatic rings. The average Bonchev–Trinajstić information content (AvgIpc) is 3.13. The molecule has 0 aliphatic heterocycles. The van der Waals surface area contributed by atoms with E-state index in [4.69, 9.17) is 19.6 Å². The molecular weight excluding hydrogens is 827 g/mol. The average molecular weight is 866 g/mol. The highest BCUT2D eigenvalue weighted by atomic mass is 32.2. The summed E-state index contributed by atoms with van der Waals surface area (Å²) in [5.41, 5.74) is 13.5. The number of nitrogen functional groups attached to an aromatic ring is 1. The van der Waals surface area contributed by atoms with Gasteiger partial charge in [-0.25, -0.2) is 4.79 Å². The van der Waals surface area contributed by atoms with Crippen LogP contribution in [0.25, 0.3) is 21.5 Å². The lowest BCUT2D eigenvalue weighted by Crippen LogP contribution is -2.15. The molecule has 0 aromatic heterocycles. The van der Waals surface area contributed by atoms with E-state index in [1.54, 1.807) is 42.5 Å². The Labute approximate surface area is 339 Å². The number of hydrogen-bond donors (Lipinski definition) is 7. The Kier molecular flexibility index (Phi) is 12.1. The van der Waals surface area contributed by atoms with Crippen LogP contribution in [0.15, 0.2) is 93.5 Å². The van der Waals surface area contributed by atoms with Gasteiger partial charge in [-0.1, -0.05) is 6.07 Å². The predicted molar refractivity (Wildman–Crippen MR) is 223 cm³/mol. The third-order valence-corrected chi connectivity index (χ3v) is 12.3. The summed E-state index contributed by atoms with van der Waals surface area (Å²) in [5, 5.41) is 16.5. The van der Waals surface area contributed by atoms with Crippen LogP contribution in [-0.2, 0) is 35.1 Å². The first kappa shape index (κ1) is 44.0. The van der Waals surface area contributed by atoms with Gasteiger partial charge in [-0.3, -0.25) is 18.5 Å². The zero-order chi connectivity index (χ0) is 43.9. The number of rotatable bonds is 8. The number of hydrogen-bond acceptors (Lipinski definition) is 12. The van der Waals surface area contributed by atoms with Crippen molar-refractivity contribution >= 4 is 86.5 Å². The van der Waals surface area contributed by atoms with E-state index in [1.807, 2.05) is 27.7 Å². The Bertz CT molecular complexity index is 3020. The molecule has 0 bridgehead atoms. The van der Waals surface area contributed by atoms with Crippen LogP contribution in [-0.4, -0.2) is 55.9 Å². The monoisotopic (exact) mass is 865 g/mol. The maximum atomic E-state index is 13.0. The number of ether oxygens (including phenoxy) is 1. The number of fused-ring (bicyclic) bond motifs is 2. The van der Waals surface area contributed by atoms with Gasteiger partial charge in [0.2, 0.25) is 5.91 Å². The van der Waals surface area contributed by atoms with Crippen molar-refractivity contribution in [1.29, 1.82) is 0 Å². The van der Waals surface area contributed by atoms with E-state index in [2.05, 4.69) is 17.6 Å². The predicted octanol–water partition coefficient (Wildman–Crippen LogP) is 7.17. The van der Waals surface area contributed by atoms with Gasteiger partial charge in [-0.2, -0.15) is 25.3 Å². The van der Waals surface area contributed by atoms with Crippen molar-refractivity contribution in [3.05, 3.63) is 112 Å². The maximum absolute atomic E-state index is 13.0. The van der Waals surface area contributed by atoms with Crippen molar-refractivity contribution in [2.24, 2.45) is 0 Å². The zero-order valence-electron chi connectivity index (χ0n) is 32.3. The standard InChI is InChI=1S/C28H28N2O5S.C12H11NO8S2/c1-15-16(2)18(4)27(19(5)17(15)3)28(31)35-21-8-6-20(7-9-21)30-26-13-12-25(29)24-14-22(36(32,33)34)10-11-23(24)26;1-6(14)13-10-4-8(22(16,17)18)2-7-3-9(23(19,20)21)5-11(15)12(7)10/h6-14,30H,29H2,1-5H3,(H,32,33,34);2-5,15H,1H3,(H,13,14)(H,16,17,18)(H,19,20,21). The van der Waals surface area contributed by atoms with Gasteiger partial charge in [0.1, 0.15) is 11.5 Å². The summed E-state index contributed by atoms with van der Waals surface area (Å²) >= 11 is 0. The van der Waals surface area contributed by atoms with E-state index in [9.17, 15) is 44.5 Å². The van der Waals surface area contributed by atoms with E-state index in [0.29, 0.717) is 33.5 Å². The summed E-state index contributed by atoms with van der Waals surface area (Å²) in [6, 6.07) is 18.1. The second kappa shape index (κ2) is 16.3. The lowest BCUT2D eigenvalue weighted by Gasteiger charge is -2.17. The molecule has 310 valence electrons. The van der Waals surface area contributed by atoms with Crippen LogP contribution in [0.5, 0.6) is 11.5 Å². The number of phenolic OH excluding ortho intramolecular Hbond substituents is 1. The van der Waals surface area contributed by atoms with Crippen molar-refractivity contribution in [3.8, 4) is 11.5 Å². The fraction of sp³-hybridized carbons (Fsp3) is 0.150. The molecule has 6 aromatic carbocycles. The fourth-order valence-corrected chi connectivity index (χ4v) is 7.96. The second-order valence-electron chi connectivity index (χ2n) is 13.6. The number of anilines is 4. The normalized spacial score (nSPS) is 11.8. The van der Waals surface area contributed by atoms with Gasteiger partial charge in [-0.05, 0) is 135 Å². The quantitative estimate of drug-likeness (QED) is 0.0346. The number of phenols is 1. The molecule has 6 rings (SSSR count). The van der Waals surface area contributed by atoms with Crippen LogP contribution in [0.2, 0.25) is 0 Å². The zero-order valence-corrected chi connectivity index (χ0v) is 34.7. The van der Waals surface area contributed by atoms with Crippen LogP contribution in [0.4, 0.5) is 22.7 Å². The van der Waals surface area contributed by atoms with Crippen LogP contribution < -0.4 is 21.1 Å². The molecule has 16 nitrogen and oxygen atoms in total. The highest BCUT2D eigenvalue weighted by Gasteiger charge is 2.22. The molecule has 59 heavy (non-hydrogen) atoms. The largest absolute Gasteiger partial charge is 0.507 e. The summed E-state index contributed by atoms with van der Waals surface area (Å²) in [7, 11) is -13.7. The van der Waals surface area contributed by atoms with Gasteiger partial charge < -0.3 is 26.2 Å². The highest BCUT2D eigenvalue weighted by molar-refractivity contribution is 7.86. The number of amides is 1. The first-order valence-electron chi connectivity index (χ1n) is 17.3. The SMILES string of the molecule is CC(=O)Nc1cc(S(=O)(=O)O)cc2cc(S(=O)(=O)O)cc(O)c12.Cc1c(C)c(C)c(C(=O)Oc2ccc(Nc3ccc(N)c4cc(S(=O)(=O)O)ccc34)cc2)c(C)c1C. The molecule has 0 saturated carbocycles. The van der Waals surface area contributed by atoms with Crippen LogP contribution >= 0.6 is 0 Å². The number of esters is 1. The molecule has 0 aliphatic rings. The van der Waals surface area contributed by atoms with Crippen molar-refractivity contribution < 1.29 is 58.3 Å². The minimum absolute atomic E-state index is 0.0556. The molecule has 0 saturated heterocycles. The topological polar surface area (TPSA) is 277 Å². The number of nitrogens with two attached hydrogens (primary N) is 1. The van der Waals surface area contributed by atoms with Gasteiger partial charge in [0.25, 0.3) is 30.4 Å². The smallest absolute Gasteiger partial charge is 0.344 e. The van der Waals surface area contributed by atoms with E-state index >= 15 is 0 Å². The molecular formula is C40H39N3O13S3. The maximum Gasteiger partial charge on any atom is 0.344 e. The Hall–Kier alpha value is -6.09. The van der Waals surface area contributed by atoms with Crippen molar-refractivity contribution in [2.75, 3.05) is 16.4 Å². The van der Waals surface area contributed by atoms with Gasteiger partial charge >= 0.3 is 5.97 Å². The summed E-state index contributed by atoms with van der Waals surface area (Å²) in [6.07, 6.45) is 0. The Morgan fingerprint density at radius 1 is 0.610 bits per heavy atom. The Morgan fingerprint density at radius 2 is 1.14 bits per heavy atom. The van der Waals surface area contributed by atoms with Gasteiger partial charge in [-0.15, -0.1) is 0 Å². The molecule has 1 amide bonds. The molecule has 8 N–H and O–H groups in total. The number of carbonyl (C=O) groups is 2. The number of carbonyl (C=O) groups excluding carboxylic acids is 2. The molecule has 0 aliphatic carbocycles. The van der Waals surface area contributed by atoms with Crippen molar-refractivity contribution in [1.82, 2.24) is 0 Å². The molecule has 19 heteroatoms. The fourth-order valence-electron chi connectivity index (χ4n) is 6.37. The molecule has 0 radical (unpaired) electrons. The molecule has 0 atom stereocenters. The van der Waals surface area contributed by atoms with Gasteiger partial charge in [0.15, 0.2) is 0 Å². The van der Waals surface area contributed by atoms with Crippen molar-refractivity contribution in [3.63, 3.8) is 0 Å². The summed E-state index contributed by atoms with van der Waals surface area (Å²) < 4.78 is 101. The lowest BCUT2D eigenvalue weighted by molar-refractivity contribution is -0.114. The first-order valence-corrected chi connectivity index (χ1v) is 21.6. The minimum Gasteiger partial charge on any atom is -0.507 e. The Morgan fingerprint density at radius 3 is 1.66 bits per heavy atom. The molecule has 0 unspecified atom stereocenters. The summed E-state index contributed by atoms with van der Waals surface area (Å²) in [4.78, 5) is 22.7. The van der Waals surface area contributed by atoms with Crippen LogP contribution in [0, 0.1) is 34.6 Å². The molecule has 0 fully saturated rings. The number of benzene rings is 6. The minimum atomic E-state index is -4.66. The van der Waals surface area contributed by atoms with Gasteiger partial charge in [0, 0.05) is 46.2 Å². The number of nitrogens with one attached hydrogen (secondary N) is 2. The van der Waals surface area contributed by atoms with Crippen molar-refractivity contribution in [2.45, 2.75) is 56.2 Å². The third-order valence-electron chi connectivity index (χ3n) is 9.75. The van der Waals surface area contributed by atoms with E-state index < -0.39 is 57.8 Å². The molecule has 0 spiro atoms. The molecule has 0 heterocycles. The van der Waals surface area contributed by atoms with Crippen LogP contribution in [0.3, 0.4) is 0 Å². The summed E-state index contributed by atoms with van der Waals surface area (Å²) in [5.74, 6) is -1.17. The van der Waals surface area contributed by atoms with E-state index in [1.165, 1.54) is 17.7 Å².